The minimum Gasteiger partial charge on any atom is -0.477 e. The average molecular weight is 293 g/mol. The number of aromatic nitrogens is 1. The number of rotatable bonds is 3. The summed E-state index contributed by atoms with van der Waals surface area (Å²) in [4.78, 5) is 14.8. The fourth-order valence-electron chi connectivity index (χ4n) is 1.46. The Bertz CT molecular complexity index is 728. The Morgan fingerprint density at radius 1 is 1.40 bits per heavy atom. The summed E-state index contributed by atoms with van der Waals surface area (Å²) in [6.45, 7) is 0. The van der Waals surface area contributed by atoms with Gasteiger partial charge in [0.05, 0.1) is 0 Å². The van der Waals surface area contributed by atoms with Crippen LogP contribution >= 0.6 is 11.6 Å². The van der Waals surface area contributed by atoms with Crippen LogP contribution < -0.4 is 4.74 Å². The van der Waals surface area contributed by atoms with Crippen molar-refractivity contribution >= 4 is 17.6 Å². The second-order valence-corrected chi connectivity index (χ2v) is 4.01. The van der Waals surface area contributed by atoms with Crippen LogP contribution in [0.1, 0.15) is 15.9 Å². The topological polar surface area (TPSA) is 83.2 Å². The van der Waals surface area contributed by atoms with Crippen LogP contribution in [0, 0.1) is 17.1 Å². The van der Waals surface area contributed by atoms with E-state index in [9.17, 15) is 9.18 Å². The van der Waals surface area contributed by atoms with Crippen LogP contribution in [0.4, 0.5) is 4.39 Å². The lowest BCUT2D eigenvalue weighted by Gasteiger charge is -2.09. The molecule has 1 aromatic heterocycles. The summed E-state index contributed by atoms with van der Waals surface area (Å²) in [6, 6.07) is 7.88. The van der Waals surface area contributed by atoms with Gasteiger partial charge in [0, 0.05) is 0 Å². The van der Waals surface area contributed by atoms with Crippen molar-refractivity contribution < 1.29 is 19.0 Å². The molecule has 20 heavy (non-hydrogen) atoms. The molecule has 5 nitrogen and oxygen atoms in total. The molecule has 1 heterocycles. The van der Waals surface area contributed by atoms with Crippen molar-refractivity contribution in [1.29, 1.82) is 5.26 Å². The lowest BCUT2D eigenvalue weighted by Crippen LogP contribution is -2.03. The zero-order valence-electron chi connectivity index (χ0n) is 9.80. The van der Waals surface area contributed by atoms with E-state index in [4.69, 9.17) is 26.7 Å². The minimum atomic E-state index is -1.28. The van der Waals surface area contributed by atoms with E-state index in [1.807, 2.05) is 0 Å². The molecule has 0 aliphatic carbocycles. The third-order valence-corrected chi connectivity index (χ3v) is 2.56. The van der Waals surface area contributed by atoms with Crippen LogP contribution in [0.5, 0.6) is 11.6 Å². The summed E-state index contributed by atoms with van der Waals surface area (Å²) >= 11 is 5.67. The maximum atomic E-state index is 13.4. The van der Waals surface area contributed by atoms with Gasteiger partial charge in [-0.15, -0.1) is 0 Å². The average Bonchev–Trinajstić information content (AvgIpc) is 2.38. The van der Waals surface area contributed by atoms with Crippen LogP contribution in [0.15, 0.2) is 30.3 Å². The second-order valence-electron chi connectivity index (χ2n) is 3.62. The quantitative estimate of drug-likeness (QED) is 0.878. The van der Waals surface area contributed by atoms with Crippen LogP contribution in [-0.2, 0) is 0 Å². The third-order valence-electron chi connectivity index (χ3n) is 2.35. The first-order valence-corrected chi connectivity index (χ1v) is 5.67. The van der Waals surface area contributed by atoms with Gasteiger partial charge < -0.3 is 9.84 Å². The Morgan fingerprint density at radius 2 is 2.15 bits per heavy atom. The second kappa shape index (κ2) is 5.55. The number of aromatic carboxylic acids is 1. The number of nitrogens with zero attached hydrogens (tertiary/aromatic N) is 2. The molecular weight excluding hydrogens is 287 g/mol. The fourth-order valence-corrected chi connectivity index (χ4v) is 1.60. The predicted octanol–water partition coefficient (Wildman–Crippen LogP) is 3.24. The molecule has 0 saturated carbocycles. The maximum Gasteiger partial charge on any atom is 0.341 e. The number of carboxylic acids is 1. The number of ether oxygens (including phenoxy) is 1. The number of hydrogen-bond acceptors (Lipinski definition) is 4. The van der Waals surface area contributed by atoms with E-state index in [1.165, 1.54) is 24.3 Å². The number of benzene rings is 1. The molecule has 1 N–H and O–H groups in total. The van der Waals surface area contributed by atoms with Gasteiger partial charge in [0.1, 0.15) is 33.9 Å². The summed E-state index contributed by atoms with van der Waals surface area (Å²) < 4.78 is 18.6. The van der Waals surface area contributed by atoms with E-state index in [-0.39, 0.29) is 27.9 Å². The van der Waals surface area contributed by atoms with E-state index in [1.54, 1.807) is 6.07 Å². The lowest BCUT2D eigenvalue weighted by atomic mass is 10.2. The van der Waals surface area contributed by atoms with Crippen molar-refractivity contribution in [2.75, 3.05) is 0 Å². The fraction of sp³-hybridized carbons (Fsp3) is 0. The van der Waals surface area contributed by atoms with Crippen LogP contribution in [0.2, 0.25) is 5.15 Å². The molecule has 0 unspecified atom stereocenters. The first-order valence-electron chi connectivity index (χ1n) is 5.29. The van der Waals surface area contributed by atoms with Gasteiger partial charge >= 0.3 is 5.97 Å². The molecule has 2 rings (SSSR count). The molecular formula is C13H6ClFN2O3. The van der Waals surface area contributed by atoms with E-state index >= 15 is 0 Å². The molecule has 0 aliphatic rings. The number of carbonyl (C=O) groups is 1. The Labute approximate surface area is 117 Å². The highest BCUT2D eigenvalue weighted by atomic mass is 35.5. The zero-order valence-corrected chi connectivity index (χ0v) is 10.6. The minimum absolute atomic E-state index is 0.0138. The zero-order chi connectivity index (χ0) is 14.7. The van der Waals surface area contributed by atoms with Crippen molar-refractivity contribution in [3.63, 3.8) is 0 Å². The number of hydrogen-bond donors (Lipinski definition) is 1. The molecule has 0 saturated heterocycles. The van der Waals surface area contributed by atoms with Gasteiger partial charge in [-0.25, -0.2) is 14.2 Å². The molecule has 0 bridgehead atoms. The molecule has 1 aromatic carbocycles. The third kappa shape index (κ3) is 2.68. The Hall–Kier alpha value is -2.65. The lowest BCUT2D eigenvalue weighted by molar-refractivity contribution is 0.0693. The van der Waals surface area contributed by atoms with Crippen molar-refractivity contribution in [2.24, 2.45) is 0 Å². The Balaban J connectivity index is 2.51. The highest BCUT2D eigenvalue weighted by Gasteiger charge is 2.17. The van der Waals surface area contributed by atoms with Crippen LogP contribution in [0.3, 0.4) is 0 Å². The highest BCUT2D eigenvalue weighted by molar-refractivity contribution is 6.29. The van der Waals surface area contributed by atoms with Gasteiger partial charge in [-0.05, 0) is 24.3 Å². The highest BCUT2D eigenvalue weighted by Crippen LogP contribution is 2.28. The number of carboxylic acid groups (broad SMARTS) is 1. The van der Waals surface area contributed by atoms with E-state index in [2.05, 4.69) is 4.98 Å². The summed E-state index contributed by atoms with van der Waals surface area (Å²) in [7, 11) is 0. The maximum absolute atomic E-state index is 13.4. The number of pyridine rings is 1. The Kier molecular flexibility index (Phi) is 3.82. The molecule has 0 fully saturated rings. The SMILES string of the molecule is N#Cc1c(F)cccc1Oc1nc(Cl)ccc1C(=O)O. The molecule has 0 aliphatic heterocycles. The van der Waals surface area contributed by atoms with Crippen molar-refractivity contribution in [3.05, 3.63) is 52.4 Å². The molecule has 0 radical (unpaired) electrons. The van der Waals surface area contributed by atoms with Crippen LogP contribution in [0.25, 0.3) is 0 Å². The molecule has 0 atom stereocenters. The molecule has 100 valence electrons. The summed E-state index contributed by atoms with van der Waals surface area (Å²) in [5, 5.41) is 17.9. The van der Waals surface area contributed by atoms with Gasteiger partial charge in [0.25, 0.3) is 0 Å². The first kappa shape index (κ1) is 13.8. The van der Waals surface area contributed by atoms with E-state index in [0.29, 0.717) is 0 Å². The standard InChI is InChI=1S/C13H6ClFN2O3/c14-11-5-4-7(13(18)19)12(17-11)20-10-3-1-2-9(15)8(10)6-16/h1-5H,(H,18,19). The normalized spacial score (nSPS) is 9.85. The summed E-state index contributed by atoms with van der Waals surface area (Å²) in [6.07, 6.45) is 0. The van der Waals surface area contributed by atoms with Crippen molar-refractivity contribution in [1.82, 2.24) is 4.98 Å². The summed E-state index contributed by atoms with van der Waals surface area (Å²) in [5.74, 6) is -2.50. The molecule has 0 spiro atoms. The van der Waals surface area contributed by atoms with Gasteiger partial charge in [-0.3, -0.25) is 0 Å². The van der Waals surface area contributed by atoms with E-state index in [0.717, 1.165) is 6.07 Å². The largest absolute Gasteiger partial charge is 0.477 e. The smallest absolute Gasteiger partial charge is 0.341 e. The number of nitriles is 1. The van der Waals surface area contributed by atoms with Gasteiger partial charge in [-0.1, -0.05) is 17.7 Å². The van der Waals surface area contributed by atoms with E-state index < -0.39 is 11.8 Å². The molecule has 2 aromatic rings. The van der Waals surface area contributed by atoms with Crippen molar-refractivity contribution in [3.8, 4) is 17.7 Å². The van der Waals surface area contributed by atoms with Gasteiger partial charge in [0.2, 0.25) is 5.88 Å². The molecule has 7 heteroatoms. The first-order chi connectivity index (χ1) is 9.52. The van der Waals surface area contributed by atoms with Gasteiger partial charge in [-0.2, -0.15) is 5.26 Å². The van der Waals surface area contributed by atoms with Gasteiger partial charge in [0.15, 0.2) is 0 Å². The monoisotopic (exact) mass is 292 g/mol. The van der Waals surface area contributed by atoms with Crippen LogP contribution in [-0.4, -0.2) is 16.1 Å². The summed E-state index contributed by atoms with van der Waals surface area (Å²) in [5.41, 5.74) is -0.590. The van der Waals surface area contributed by atoms with Crippen molar-refractivity contribution in [2.45, 2.75) is 0 Å². The molecule has 0 amide bonds. The Morgan fingerprint density at radius 3 is 2.80 bits per heavy atom. The predicted molar refractivity (Wildman–Crippen MR) is 67.4 cm³/mol. The number of halogens is 2.